The maximum absolute atomic E-state index is 5.69. The van der Waals surface area contributed by atoms with Crippen LogP contribution in [0.25, 0.3) is 11.3 Å². The molecule has 0 atom stereocenters. The van der Waals surface area contributed by atoms with E-state index in [0.29, 0.717) is 5.92 Å². The van der Waals surface area contributed by atoms with Crippen molar-refractivity contribution in [2.75, 3.05) is 5.73 Å². The van der Waals surface area contributed by atoms with Gasteiger partial charge in [-0.1, -0.05) is 26.0 Å². The van der Waals surface area contributed by atoms with E-state index in [1.165, 1.54) is 11.3 Å². The number of anilines is 1. The van der Waals surface area contributed by atoms with Crippen LogP contribution in [0.15, 0.2) is 42.6 Å². The Morgan fingerprint density at radius 2 is 1.81 bits per heavy atom. The van der Waals surface area contributed by atoms with Gasteiger partial charge in [-0.3, -0.25) is 0 Å². The third-order valence-electron chi connectivity index (χ3n) is 2.60. The minimum absolute atomic E-state index is 0.653. The average molecular weight is 214 g/mol. The van der Waals surface area contributed by atoms with Crippen LogP contribution >= 0.6 is 0 Å². The summed E-state index contributed by atoms with van der Waals surface area (Å²) in [5.41, 5.74) is 8.98. The summed E-state index contributed by atoms with van der Waals surface area (Å²) in [5, 5.41) is 0. The number of nitrogens with zero attached hydrogens (tertiary/aromatic N) is 1. The molecule has 0 amide bonds. The summed E-state index contributed by atoms with van der Waals surface area (Å²) < 4.78 is 2.29. The van der Waals surface area contributed by atoms with Crippen molar-refractivity contribution >= 4 is 5.69 Å². The summed E-state index contributed by atoms with van der Waals surface area (Å²) in [7, 11) is 0. The van der Waals surface area contributed by atoms with Crippen molar-refractivity contribution < 1.29 is 0 Å². The highest BCUT2D eigenvalue weighted by Gasteiger charge is 2.04. The van der Waals surface area contributed by atoms with Gasteiger partial charge in [-0.25, -0.2) is 0 Å². The highest BCUT2D eigenvalue weighted by Crippen LogP contribution is 2.22. The number of hydrogen-bond donors (Lipinski definition) is 1. The number of nitrogens with two attached hydrogens (primary N) is 1. The standard InChI is InChI=1S/C14H18N2/c1-11(2)10-16-9-3-4-14(16)12-5-7-13(15)8-6-12/h3-9,11H,10,15H2,1-2H3. The molecule has 0 spiro atoms. The lowest BCUT2D eigenvalue weighted by Crippen LogP contribution is -2.04. The average Bonchev–Trinajstić information content (AvgIpc) is 2.66. The molecule has 2 heteroatoms. The van der Waals surface area contributed by atoms with Gasteiger partial charge in [-0.2, -0.15) is 0 Å². The molecule has 0 bridgehead atoms. The normalized spacial score (nSPS) is 10.9. The Kier molecular flexibility index (Phi) is 3.00. The Bertz CT molecular complexity index is 452. The topological polar surface area (TPSA) is 30.9 Å². The molecule has 0 aliphatic rings. The van der Waals surface area contributed by atoms with E-state index in [-0.39, 0.29) is 0 Å². The first-order valence-corrected chi connectivity index (χ1v) is 5.68. The van der Waals surface area contributed by atoms with Gasteiger partial charge in [0.1, 0.15) is 0 Å². The fourth-order valence-corrected chi connectivity index (χ4v) is 1.88. The molecule has 84 valence electrons. The Balaban J connectivity index is 2.33. The highest BCUT2D eigenvalue weighted by molar-refractivity contribution is 5.62. The zero-order valence-electron chi connectivity index (χ0n) is 9.85. The van der Waals surface area contributed by atoms with Gasteiger partial charge in [0, 0.05) is 24.1 Å². The Morgan fingerprint density at radius 3 is 2.44 bits per heavy atom. The van der Waals surface area contributed by atoms with E-state index in [0.717, 1.165) is 12.2 Å². The van der Waals surface area contributed by atoms with E-state index in [9.17, 15) is 0 Å². The van der Waals surface area contributed by atoms with E-state index in [2.05, 4.69) is 48.9 Å². The molecule has 1 heterocycles. The molecular formula is C14H18N2. The number of hydrogen-bond acceptors (Lipinski definition) is 1. The van der Waals surface area contributed by atoms with Gasteiger partial charge in [-0.05, 0) is 35.7 Å². The molecule has 0 fully saturated rings. The Hall–Kier alpha value is -1.70. The SMILES string of the molecule is CC(C)Cn1cccc1-c1ccc(N)cc1. The summed E-state index contributed by atoms with van der Waals surface area (Å²) in [6.07, 6.45) is 2.13. The van der Waals surface area contributed by atoms with Crippen LogP contribution in [0.4, 0.5) is 5.69 Å². The van der Waals surface area contributed by atoms with Crippen molar-refractivity contribution in [1.29, 1.82) is 0 Å². The zero-order chi connectivity index (χ0) is 11.5. The summed E-state index contributed by atoms with van der Waals surface area (Å²) in [6.45, 7) is 5.51. The largest absolute Gasteiger partial charge is 0.399 e. The molecule has 0 aliphatic heterocycles. The van der Waals surface area contributed by atoms with Crippen molar-refractivity contribution in [3.8, 4) is 11.3 Å². The van der Waals surface area contributed by atoms with Gasteiger partial charge < -0.3 is 10.3 Å². The van der Waals surface area contributed by atoms with Gasteiger partial charge in [0.05, 0.1) is 0 Å². The summed E-state index contributed by atoms with van der Waals surface area (Å²) >= 11 is 0. The van der Waals surface area contributed by atoms with Crippen LogP contribution in [0.1, 0.15) is 13.8 Å². The summed E-state index contributed by atoms with van der Waals surface area (Å²) in [4.78, 5) is 0. The highest BCUT2D eigenvalue weighted by atomic mass is 15.0. The van der Waals surface area contributed by atoms with Crippen LogP contribution in [-0.2, 0) is 6.54 Å². The molecule has 1 aromatic heterocycles. The minimum atomic E-state index is 0.653. The fraction of sp³-hybridized carbons (Fsp3) is 0.286. The van der Waals surface area contributed by atoms with E-state index >= 15 is 0 Å². The first kappa shape index (κ1) is 10.8. The molecule has 2 rings (SSSR count). The summed E-state index contributed by atoms with van der Waals surface area (Å²) in [6, 6.07) is 12.3. The van der Waals surface area contributed by atoms with Crippen LogP contribution in [0.5, 0.6) is 0 Å². The Morgan fingerprint density at radius 1 is 1.12 bits per heavy atom. The van der Waals surface area contributed by atoms with Gasteiger partial charge in [0.2, 0.25) is 0 Å². The third kappa shape index (κ3) is 2.27. The monoisotopic (exact) mass is 214 g/mol. The number of benzene rings is 1. The van der Waals surface area contributed by atoms with Crippen molar-refractivity contribution in [3.05, 3.63) is 42.6 Å². The lowest BCUT2D eigenvalue weighted by Gasteiger charge is -2.11. The predicted octanol–water partition coefficient (Wildman–Crippen LogP) is 3.39. The number of rotatable bonds is 3. The maximum Gasteiger partial charge on any atom is 0.0480 e. The van der Waals surface area contributed by atoms with E-state index in [1.807, 2.05) is 12.1 Å². The van der Waals surface area contributed by atoms with E-state index < -0.39 is 0 Å². The molecule has 2 nitrogen and oxygen atoms in total. The molecule has 2 aromatic rings. The third-order valence-corrected chi connectivity index (χ3v) is 2.60. The second-order valence-electron chi connectivity index (χ2n) is 4.56. The first-order valence-electron chi connectivity index (χ1n) is 5.68. The number of nitrogen functional groups attached to an aromatic ring is 1. The van der Waals surface area contributed by atoms with E-state index in [1.54, 1.807) is 0 Å². The molecule has 0 saturated carbocycles. The summed E-state index contributed by atoms with van der Waals surface area (Å²) in [5.74, 6) is 0.653. The van der Waals surface area contributed by atoms with Crippen LogP contribution in [-0.4, -0.2) is 4.57 Å². The minimum Gasteiger partial charge on any atom is -0.399 e. The molecule has 2 N–H and O–H groups in total. The molecule has 1 aromatic carbocycles. The number of aromatic nitrogens is 1. The van der Waals surface area contributed by atoms with Crippen molar-refractivity contribution in [2.45, 2.75) is 20.4 Å². The Labute approximate surface area is 96.7 Å². The lowest BCUT2D eigenvalue weighted by atomic mass is 10.1. The van der Waals surface area contributed by atoms with Gasteiger partial charge in [0.25, 0.3) is 0 Å². The quantitative estimate of drug-likeness (QED) is 0.780. The van der Waals surface area contributed by atoms with Crippen molar-refractivity contribution in [1.82, 2.24) is 4.57 Å². The second kappa shape index (κ2) is 4.44. The smallest absolute Gasteiger partial charge is 0.0480 e. The van der Waals surface area contributed by atoms with Gasteiger partial charge in [-0.15, -0.1) is 0 Å². The molecule has 0 radical (unpaired) electrons. The van der Waals surface area contributed by atoms with E-state index in [4.69, 9.17) is 5.73 Å². The lowest BCUT2D eigenvalue weighted by molar-refractivity contribution is 0.528. The molecular weight excluding hydrogens is 196 g/mol. The molecule has 0 aliphatic carbocycles. The zero-order valence-corrected chi connectivity index (χ0v) is 9.85. The van der Waals surface area contributed by atoms with Gasteiger partial charge in [0.15, 0.2) is 0 Å². The molecule has 16 heavy (non-hydrogen) atoms. The van der Waals surface area contributed by atoms with Crippen molar-refractivity contribution in [3.63, 3.8) is 0 Å². The van der Waals surface area contributed by atoms with Gasteiger partial charge >= 0.3 is 0 Å². The first-order chi connectivity index (χ1) is 7.66. The fourth-order valence-electron chi connectivity index (χ4n) is 1.88. The van der Waals surface area contributed by atoms with Crippen molar-refractivity contribution in [2.24, 2.45) is 5.92 Å². The van der Waals surface area contributed by atoms with Crippen LogP contribution in [0, 0.1) is 5.92 Å². The predicted molar refractivity (Wildman–Crippen MR) is 69.1 cm³/mol. The second-order valence-corrected chi connectivity index (χ2v) is 4.56. The molecule has 0 saturated heterocycles. The molecule has 0 unspecified atom stereocenters. The van der Waals surface area contributed by atoms with Crippen LogP contribution < -0.4 is 5.73 Å². The maximum atomic E-state index is 5.69. The van der Waals surface area contributed by atoms with Crippen LogP contribution in [0.3, 0.4) is 0 Å². The van der Waals surface area contributed by atoms with Crippen LogP contribution in [0.2, 0.25) is 0 Å².